The normalized spacial score (nSPS) is 18.1. The van der Waals surface area contributed by atoms with E-state index in [0.29, 0.717) is 5.41 Å². The van der Waals surface area contributed by atoms with Crippen molar-refractivity contribution in [2.75, 3.05) is 0 Å². The fourth-order valence-corrected chi connectivity index (χ4v) is 2.91. The van der Waals surface area contributed by atoms with E-state index in [2.05, 4.69) is 38.1 Å². The zero-order chi connectivity index (χ0) is 10.0. The van der Waals surface area contributed by atoms with Crippen molar-refractivity contribution in [3.8, 4) is 0 Å². The van der Waals surface area contributed by atoms with Crippen LogP contribution >= 0.6 is 0 Å². The maximum Gasteiger partial charge on any atom is -0.0216 e. The quantitative estimate of drug-likeness (QED) is 0.673. The van der Waals surface area contributed by atoms with Gasteiger partial charge in [-0.1, -0.05) is 44.5 Å². The maximum atomic E-state index is 2.35. The van der Waals surface area contributed by atoms with Crippen LogP contribution in [-0.4, -0.2) is 0 Å². The molecule has 0 saturated heterocycles. The van der Waals surface area contributed by atoms with Gasteiger partial charge < -0.3 is 0 Å². The highest BCUT2D eigenvalue weighted by molar-refractivity contribution is 5.34. The van der Waals surface area contributed by atoms with Crippen molar-refractivity contribution in [3.05, 3.63) is 35.4 Å². The van der Waals surface area contributed by atoms with E-state index in [0.717, 1.165) is 0 Å². The maximum absolute atomic E-state index is 2.35. The van der Waals surface area contributed by atoms with Crippen LogP contribution in [0, 0.1) is 5.41 Å². The molecule has 0 heterocycles. The van der Waals surface area contributed by atoms with E-state index >= 15 is 0 Å². The van der Waals surface area contributed by atoms with Crippen LogP contribution in [-0.2, 0) is 12.8 Å². The van der Waals surface area contributed by atoms with Crippen LogP contribution in [0.5, 0.6) is 0 Å². The van der Waals surface area contributed by atoms with Gasteiger partial charge in [-0.05, 0) is 42.2 Å². The minimum atomic E-state index is 0.596. The third-order valence-corrected chi connectivity index (χ3v) is 3.78. The van der Waals surface area contributed by atoms with E-state index in [9.17, 15) is 0 Å². The van der Waals surface area contributed by atoms with Crippen LogP contribution in [0.15, 0.2) is 24.3 Å². The Bertz CT molecular complexity index is 287. The molecule has 0 radical (unpaired) electrons. The number of hydrogen-bond acceptors (Lipinski definition) is 0. The molecule has 1 aliphatic carbocycles. The van der Waals surface area contributed by atoms with Crippen molar-refractivity contribution >= 4 is 0 Å². The van der Waals surface area contributed by atoms with Gasteiger partial charge in [0.1, 0.15) is 0 Å². The summed E-state index contributed by atoms with van der Waals surface area (Å²) in [6, 6.07) is 8.97. The van der Waals surface area contributed by atoms with E-state index in [-0.39, 0.29) is 0 Å². The Morgan fingerprint density at radius 2 is 1.64 bits per heavy atom. The largest absolute Gasteiger partial charge is 0.0654 e. The van der Waals surface area contributed by atoms with Crippen LogP contribution in [0.25, 0.3) is 0 Å². The van der Waals surface area contributed by atoms with Gasteiger partial charge in [0, 0.05) is 0 Å². The summed E-state index contributed by atoms with van der Waals surface area (Å²) >= 11 is 0. The summed E-state index contributed by atoms with van der Waals surface area (Å²) in [6.07, 6.45) is 6.66. The zero-order valence-corrected chi connectivity index (χ0v) is 9.34. The van der Waals surface area contributed by atoms with E-state index in [1.165, 1.54) is 32.1 Å². The molecule has 0 bridgehead atoms. The molecule has 1 aliphatic rings. The Labute approximate surface area is 87.3 Å². The van der Waals surface area contributed by atoms with Crippen molar-refractivity contribution in [1.29, 1.82) is 0 Å². The summed E-state index contributed by atoms with van der Waals surface area (Å²) in [7, 11) is 0. The molecule has 0 heteroatoms. The summed E-state index contributed by atoms with van der Waals surface area (Å²) in [5.41, 5.74) is 3.80. The van der Waals surface area contributed by atoms with Gasteiger partial charge in [0.2, 0.25) is 0 Å². The number of benzene rings is 1. The predicted octanol–water partition coefficient (Wildman–Crippen LogP) is 3.98. The molecule has 0 atom stereocenters. The first-order chi connectivity index (χ1) is 6.79. The number of hydrogen-bond donors (Lipinski definition) is 0. The molecule has 0 spiro atoms. The van der Waals surface area contributed by atoms with Gasteiger partial charge in [0.05, 0.1) is 0 Å². The fourth-order valence-electron chi connectivity index (χ4n) is 2.91. The molecule has 14 heavy (non-hydrogen) atoms. The second-order valence-electron chi connectivity index (χ2n) is 4.73. The molecule has 1 aromatic rings. The zero-order valence-electron chi connectivity index (χ0n) is 9.34. The van der Waals surface area contributed by atoms with Crippen LogP contribution in [0.4, 0.5) is 0 Å². The molecule has 0 aliphatic heterocycles. The molecule has 0 unspecified atom stereocenters. The van der Waals surface area contributed by atoms with Gasteiger partial charge in [0.15, 0.2) is 0 Å². The summed E-state index contributed by atoms with van der Waals surface area (Å²) in [6.45, 7) is 4.65. The fraction of sp³-hybridized carbons (Fsp3) is 0.571. The molecule has 1 aromatic carbocycles. The predicted molar refractivity (Wildman–Crippen MR) is 61.5 cm³/mol. The van der Waals surface area contributed by atoms with Crippen molar-refractivity contribution in [1.82, 2.24) is 0 Å². The van der Waals surface area contributed by atoms with Crippen molar-refractivity contribution in [2.45, 2.75) is 46.0 Å². The third-order valence-electron chi connectivity index (χ3n) is 3.78. The van der Waals surface area contributed by atoms with E-state index in [4.69, 9.17) is 0 Å². The van der Waals surface area contributed by atoms with Crippen LogP contribution in [0.3, 0.4) is 0 Å². The molecule has 0 N–H and O–H groups in total. The average molecular weight is 188 g/mol. The van der Waals surface area contributed by atoms with Crippen molar-refractivity contribution in [3.63, 3.8) is 0 Å². The Morgan fingerprint density at radius 3 is 2.07 bits per heavy atom. The molecule has 0 fully saturated rings. The van der Waals surface area contributed by atoms with Crippen LogP contribution < -0.4 is 0 Å². The highest BCUT2D eigenvalue weighted by Gasteiger charge is 2.34. The van der Waals surface area contributed by atoms with Gasteiger partial charge in [-0.2, -0.15) is 0 Å². The summed E-state index contributed by atoms with van der Waals surface area (Å²) < 4.78 is 0. The lowest BCUT2D eigenvalue weighted by Gasteiger charge is -2.26. The van der Waals surface area contributed by atoms with Crippen LogP contribution in [0.1, 0.15) is 44.2 Å². The Morgan fingerprint density at radius 1 is 1.07 bits per heavy atom. The molecule has 0 aromatic heterocycles. The van der Waals surface area contributed by atoms with Gasteiger partial charge >= 0.3 is 0 Å². The lowest BCUT2D eigenvalue weighted by atomic mass is 9.78. The topological polar surface area (TPSA) is 0 Å². The number of rotatable bonds is 3. The summed E-state index contributed by atoms with van der Waals surface area (Å²) in [4.78, 5) is 0. The Balaban J connectivity index is 2.23. The smallest absolute Gasteiger partial charge is 0.0216 e. The number of fused-ring (bicyclic) bond motifs is 1. The Hall–Kier alpha value is -0.780. The van der Waals surface area contributed by atoms with E-state index < -0.39 is 0 Å². The van der Waals surface area contributed by atoms with E-state index in [1.807, 2.05) is 0 Å². The Kier molecular flexibility index (Phi) is 2.62. The summed E-state index contributed by atoms with van der Waals surface area (Å²) in [5.74, 6) is 0. The first-order valence-corrected chi connectivity index (χ1v) is 5.86. The highest BCUT2D eigenvalue weighted by Crippen LogP contribution is 2.42. The first-order valence-electron chi connectivity index (χ1n) is 5.86. The summed E-state index contributed by atoms with van der Waals surface area (Å²) in [5, 5.41) is 0. The van der Waals surface area contributed by atoms with Crippen molar-refractivity contribution in [2.24, 2.45) is 5.41 Å². The molecule has 0 nitrogen and oxygen atoms in total. The third kappa shape index (κ3) is 1.58. The molecule has 76 valence electrons. The van der Waals surface area contributed by atoms with Crippen LogP contribution in [0.2, 0.25) is 0 Å². The standard InChI is InChI=1S/C14H20/c1-3-9-14(4-2)10-12-7-5-6-8-13(12)11-14/h5-8H,3-4,9-11H2,1-2H3. The molecular formula is C14H20. The molecular weight excluding hydrogens is 168 g/mol. The molecule has 2 rings (SSSR count). The van der Waals surface area contributed by atoms with Gasteiger partial charge in [-0.15, -0.1) is 0 Å². The van der Waals surface area contributed by atoms with Gasteiger partial charge in [-0.25, -0.2) is 0 Å². The lowest BCUT2D eigenvalue weighted by Crippen LogP contribution is -2.19. The SMILES string of the molecule is CCCC1(CC)Cc2ccccc2C1. The second-order valence-corrected chi connectivity index (χ2v) is 4.73. The average Bonchev–Trinajstić information content (AvgIpc) is 2.57. The molecule has 0 amide bonds. The van der Waals surface area contributed by atoms with Crippen molar-refractivity contribution < 1.29 is 0 Å². The van der Waals surface area contributed by atoms with Gasteiger partial charge in [0.25, 0.3) is 0 Å². The minimum Gasteiger partial charge on any atom is -0.0654 e. The monoisotopic (exact) mass is 188 g/mol. The van der Waals surface area contributed by atoms with Gasteiger partial charge in [-0.3, -0.25) is 0 Å². The van der Waals surface area contributed by atoms with E-state index in [1.54, 1.807) is 11.1 Å². The lowest BCUT2D eigenvalue weighted by molar-refractivity contribution is 0.264. The first kappa shape index (κ1) is 9.76. The highest BCUT2D eigenvalue weighted by atomic mass is 14.4. The minimum absolute atomic E-state index is 0.596. The molecule has 0 saturated carbocycles. The second kappa shape index (κ2) is 3.76.